The summed E-state index contributed by atoms with van der Waals surface area (Å²) in [7, 11) is 0.654. The van der Waals surface area contributed by atoms with Gasteiger partial charge in [0.2, 0.25) is 0 Å². The maximum Gasteiger partial charge on any atom is 0.337 e. The van der Waals surface area contributed by atoms with Gasteiger partial charge >= 0.3 is 5.97 Å². The molecule has 0 radical (unpaired) electrons. The van der Waals surface area contributed by atoms with E-state index in [9.17, 15) is 9.59 Å². The monoisotopic (exact) mass is 719 g/mol. The van der Waals surface area contributed by atoms with Crippen molar-refractivity contribution in [3.63, 3.8) is 0 Å². The summed E-state index contributed by atoms with van der Waals surface area (Å²) in [6, 6.07) is 22.3. The van der Waals surface area contributed by atoms with Crippen molar-refractivity contribution in [3.8, 4) is 11.5 Å². The molecule has 3 rings (SSSR count). The van der Waals surface area contributed by atoms with E-state index in [0.29, 0.717) is 30.7 Å². The highest BCUT2D eigenvalue weighted by Crippen LogP contribution is 2.38. The zero-order chi connectivity index (χ0) is 37.7. The minimum Gasteiger partial charge on any atom is -0.497 e. The van der Waals surface area contributed by atoms with Crippen LogP contribution in [0, 0.1) is 0 Å². The van der Waals surface area contributed by atoms with Gasteiger partial charge in [0.05, 0.1) is 38.5 Å². The minimum absolute atomic E-state index is 0.0727. The molecule has 0 heterocycles. The number of carbonyl (C=O) groups is 2. The van der Waals surface area contributed by atoms with Crippen LogP contribution in [0.15, 0.2) is 72.8 Å². The number of ether oxygens (including phenoxy) is 3. The van der Waals surface area contributed by atoms with Crippen LogP contribution in [0.5, 0.6) is 11.5 Å². The van der Waals surface area contributed by atoms with Crippen molar-refractivity contribution in [1.29, 1.82) is 0 Å². The van der Waals surface area contributed by atoms with Crippen molar-refractivity contribution in [1.82, 2.24) is 16.0 Å². The molecule has 0 spiro atoms. The second-order valence-electron chi connectivity index (χ2n) is 15.1. The molecule has 10 heteroatoms. The summed E-state index contributed by atoms with van der Waals surface area (Å²) in [5.74, 6) is 0.781. The Morgan fingerprint density at radius 2 is 1.53 bits per heavy atom. The van der Waals surface area contributed by atoms with Crippen LogP contribution < -0.4 is 25.4 Å². The van der Waals surface area contributed by atoms with Gasteiger partial charge in [-0.15, -0.1) is 0 Å². The lowest BCUT2D eigenvalue weighted by Crippen LogP contribution is -2.57. The van der Waals surface area contributed by atoms with Gasteiger partial charge in [-0.2, -0.15) is 0 Å². The second-order valence-corrected chi connectivity index (χ2v) is 19.9. The fraction of sp³-hybridized carbons (Fsp3) is 0.512. The highest BCUT2D eigenvalue weighted by atomic mass is 28.4. The van der Waals surface area contributed by atoms with E-state index in [0.717, 1.165) is 48.6 Å². The normalized spacial score (nSPS) is 13.3. The van der Waals surface area contributed by atoms with Gasteiger partial charge in [0, 0.05) is 17.6 Å². The Morgan fingerprint density at radius 1 is 0.843 bits per heavy atom. The molecule has 0 bridgehead atoms. The zero-order valence-electron chi connectivity index (χ0n) is 32.5. The highest BCUT2D eigenvalue weighted by molar-refractivity contribution is 6.74. The Kier molecular flexibility index (Phi) is 15.7. The van der Waals surface area contributed by atoms with E-state index < -0.39 is 32.0 Å². The molecule has 0 saturated carbocycles. The van der Waals surface area contributed by atoms with Gasteiger partial charge in [-0.25, -0.2) is 4.79 Å². The Balaban J connectivity index is 1.99. The maximum absolute atomic E-state index is 14.0. The van der Waals surface area contributed by atoms with Gasteiger partial charge < -0.3 is 34.6 Å². The summed E-state index contributed by atoms with van der Waals surface area (Å²) in [5, 5.41) is 10.4. The molecule has 0 unspecified atom stereocenters. The summed E-state index contributed by atoms with van der Waals surface area (Å²) in [5.41, 5.74) is 2.33. The third-order valence-corrected chi connectivity index (χ3v) is 14.2. The molecule has 2 atom stereocenters. The van der Waals surface area contributed by atoms with Crippen LogP contribution in [0.2, 0.25) is 18.1 Å². The molecule has 1 amide bonds. The molecule has 0 saturated heterocycles. The summed E-state index contributed by atoms with van der Waals surface area (Å²) >= 11 is 0. The van der Waals surface area contributed by atoms with Gasteiger partial charge in [-0.1, -0.05) is 58.0 Å². The molecule has 0 aromatic heterocycles. The number of amides is 1. The number of esters is 1. The SMILES string of the molecule is CCCNCCCOc1cccc(C[C@H](NC(=O)c2cccc(C(=O)OC)c2)[C@@H](CNC(C)(C)c2cccc(OC)c2)O[Si](C)(C)C(C)(C)C)c1. The Labute approximate surface area is 307 Å². The van der Waals surface area contributed by atoms with Crippen LogP contribution in [-0.2, 0) is 21.1 Å². The van der Waals surface area contributed by atoms with Crippen molar-refractivity contribution in [2.24, 2.45) is 0 Å². The lowest BCUT2D eigenvalue weighted by Gasteiger charge is -2.43. The summed E-state index contributed by atoms with van der Waals surface area (Å²) in [6.45, 7) is 20.5. The molecule has 3 aromatic carbocycles. The van der Waals surface area contributed by atoms with Crippen molar-refractivity contribution >= 4 is 20.2 Å². The number of rotatable bonds is 20. The molecule has 280 valence electrons. The summed E-state index contributed by atoms with van der Waals surface area (Å²) in [6.07, 6.45) is 2.10. The van der Waals surface area contributed by atoms with Crippen LogP contribution in [0.1, 0.15) is 86.2 Å². The van der Waals surface area contributed by atoms with Crippen LogP contribution >= 0.6 is 0 Å². The lowest BCUT2D eigenvalue weighted by molar-refractivity contribution is 0.0600. The minimum atomic E-state index is -2.34. The zero-order valence-corrected chi connectivity index (χ0v) is 33.5. The molecule has 0 aliphatic carbocycles. The second kappa shape index (κ2) is 19.2. The number of nitrogens with one attached hydrogen (secondary N) is 3. The fourth-order valence-corrected chi connectivity index (χ4v) is 6.79. The molecule has 0 aliphatic heterocycles. The van der Waals surface area contributed by atoms with Gasteiger partial charge in [0.15, 0.2) is 8.32 Å². The lowest BCUT2D eigenvalue weighted by atomic mass is 9.93. The average molecular weight is 720 g/mol. The topological polar surface area (TPSA) is 107 Å². The Bertz CT molecular complexity index is 1550. The molecule has 0 fully saturated rings. The van der Waals surface area contributed by atoms with E-state index in [1.165, 1.54) is 7.11 Å². The predicted molar refractivity (Wildman–Crippen MR) is 209 cm³/mol. The molecular weight excluding hydrogens is 659 g/mol. The smallest absolute Gasteiger partial charge is 0.337 e. The van der Waals surface area contributed by atoms with Crippen LogP contribution in [-0.4, -0.2) is 72.8 Å². The molecule has 0 aliphatic rings. The first-order valence-electron chi connectivity index (χ1n) is 18.1. The number of hydrogen-bond acceptors (Lipinski definition) is 8. The van der Waals surface area contributed by atoms with Crippen LogP contribution in [0.3, 0.4) is 0 Å². The predicted octanol–water partition coefficient (Wildman–Crippen LogP) is 7.51. The number of carbonyl (C=O) groups excluding carboxylic acids is 2. The van der Waals surface area contributed by atoms with Crippen LogP contribution in [0.4, 0.5) is 0 Å². The van der Waals surface area contributed by atoms with E-state index in [-0.39, 0.29) is 10.9 Å². The average Bonchev–Trinajstić information content (AvgIpc) is 3.10. The third kappa shape index (κ3) is 12.8. The van der Waals surface area contributed by atoms with Gasteiger partial charge in [0.25, 0.3) is 5.91 Å². The van der Waals surface area contributed by atoms with Gasteiger partial charge in [0.1, 0.15) is 11.5 Å². The van der Waals surface area contributed by atoms with Crippen LogP contribution in [0.25, 0.3) is 0 Å². The number of hydrogen-bond donors (Lipinski definition) is 3. The standard InChI is InChI=1S/C41H61N3O6Si/c1-11-22-42-23-15-24-49-35-21-12-16-30(25-35)26-36(44-38(45)31-17-13-18-32(27-31)39(46)48-8)37(50-51(9,10)40(2,3)4)29-43-41(5,6)33-19-14-20-34(28-33)47-7/h12-14,16-21,25,27-28,36-37,42-43H,11,15,22-24,26,29H2,1-10H3,(H,44,45)/t36-,37+/m0/s1. The molecule has 9 nitrogen and oxygen atoms in total. The van der Waals surface area contributed by atoms with Crippen molar-refractivity contribution < 1.29 is 28.2 Å². The Hall–Kier alpha value is -3.70. The fourth-order valence-electron chi connectivity index (χ4n) is 5.43. The number of methoxy groups -OCH3 is 2. The van der Waals surface area contributed by atoms with E-state index >= 15 is 0 Å². The summed E-state index contributed by atoms with van der Waals surface area (Å²) < 4.78 is 23.8. The van der Waals surface area contributed by atoms with Crippen molar-refractivity contribution in [2.75, 3.05) is 40.5 Å². The van der Waals surface area contributed by atoms with Gasteiger partial charge in [-0.3, -0.25) is 4.79 Å². The quantitative estimate of drug-likeness (QED) is 0.0626. The molecule has 51 heavy (non-hydrogen) atoms. The molecule has 3 aromatic rings. The van der Waals surface area contributed by atoms with E-state index in [2.05, 4.69) is 82.7 Å². The third-order valence-electron chi connectivity index (χ3n) is 9.65. The maximum atomic E-state index is 14.0. The van der Waals surface area contributed by atoms with E-state index in [4.69, 9.17) is 18.6 Å². The summed E-state index contributed by atoms with van der Waals surface area (Å²) in [4.78, 5) is 26.3. The van der Waals surface area contributed by atoms with Gasteiger partial charge in [-0.05, 0) is 118 Å². The highest BCUT2D eigenvalue weighted by Gasteiger charge is 2.41. The number of benzene rings is 3. The van der Waals surface area contributed by atoms with E-state index in [1.807, 2.05) is 36.4 Å². The largest absolute Gasteiger partial charge is 0.497 e. The van der Waals surface area contributed by atoms with Crippen molar-refractivity contribution in [2.45, 2.75) is 96.6 Å². The first-order chi connectivity index (χ1) is 24.1. The molecule has 3 N–H and O–H groups in total. The first-order valence-corrected chi connectivity index (χ1v) is 21.0. The Morgan fingerprint density at radius 3 is 2.22 bits per heavy atom. The van der Waals surface area contributed by atoms with E-state index in [1.54, 1.807) is 31.4 Å². The first kappa shape index (κ1) is 41.7. The van der Waals surface area contributed by atoms with Crippen molar-refractivity contribution in [3.05, 3.63) is 95.1 Å². The molecular formula is C41H61N3O6Si.